The third-order valence-corrected chi connectivity index (χ3v) is 6.23. The van der Waals surface area contributed by atoms with Gasteiger partial charge in [0.15, 0.2) is 0 Å². The van der Waals surface area contributed by atoms with E-state index in [1.165, 1.54) is 37.8 Å². The van der Waals surface area contributed by atoms with Gasteiger partial charge in [-0.05, 0) is 37.3 Å². The Morgan fingerprint density at radius 2 is 2.00 bits per heavy atom. The summed E-state index contributed by atoms with van der Waals surface area (Å²) < 4.78 is 22.8. The maximum absolute atomic E-state index is 11.3. The van der Waals surface area contributed by atoms with Crippen molar-refractivity contribution in [2.24, 2.45) is 5.14 Å². The number of anilines is 2. The van der Waals surface area contributed by atoms with Crippen LogP contribution in [0, 0.1) is 0 Å². The van der Waals surface area contributed by atoms with Crippen LogP contribution in [0.2, 0.25) is 0 Å². The zero-order valence-corrected chi connectivity index (χ0v) is 13.2. The molecule has 1 aromatic carbocycles. The molecule has 1 aliphatic carbocycles. The Bertz CT molecular complexity index is 581. The summed E-state index contributed by atoms with van der Waals surface area (Å²) in [5.74, 6) is 0. The molecule has 0 atom stereocenters. The molecule has 1 aromatic rings. The van der Waals surface area contributed by atoms with Crippen molar-refractivity contribution >= 4 is 33.2 Å². The van der Waals surface area contributed by atoms with Gasteiger partial charge in [-0.1, -0.05) is 12.8 Å². The molecule has 0 unspecified atom stereocenters. The lowest BCUT2D eigenvalue weighted by Gasteiger charge is -2.27. The predicted octanol–water partition coefficient (Wildman–Crippen LogP) is 2.00. The van der Waals surface area contributed by atoms with Gasteiger partial charge in [0.1, 0.15) is 0 Å². The van der Waals surface area contributed by atoms with Crippen molar-refractivity contribution in [3.05, 3.63) is 18.2 Å². The summed E-state index contributed by atoms with van der Waals surface area (Å²) in [7, 11) is -3.70. The zero-order valence-electron chi connectivity index (χ0n) is 11.6. The van der Waals surface area contributed by atoms with E-state index in [4.69, 9.17) is 10.9 Å². The molecular weight excluding hydrogens is 294 g/mol. The Morgan fingerprint density at radius 1 is 1.35 bits per heavy atom. The molecule has 0 radical (unpaired) electrons. The minimum Gasteiger partial charge on any atom is -0.397 e. The molecule has 1 fully saturated rings. The van der Waals surface area contributed by atoms with Crippen molar-refractivity contribution in [1.29, 1.82) is 0 Å². The summed E-state index contributed by atoms with van der Waals surface area (Å²) >= 11 is 1.89. The van der Waals surface area contributed by atoms with E-state index in [1.54, 1.807) is 6.07 Å². The second-order valence-electron chi connectivity index (χ2n) is 5.24. The van der Waals surface area contributed by atoms with Crippen molar-refractivity contribution < 1.29 is 8.42 Å². The summed E-state index contributed by atoms with van der Waals surface area (Å²) in [6.07, 6.45) is 7.08. The Morgan fingerprint density at radius 3 is 2.50 bits per heavy atom. The molecule has 7 heteroatoms. The standard InChI is InChI=1S/C13H21N3O2S2/c1-19-13(6-2-3-7-13)9-16-12-5-4-10(8-11(12)14)20(15,17)18/h4-5,8,16H,2-3,6-7,9,14H2,1H3,(H2,15,17,18). The van der Waals surface area contributed by atoms with Crippen molar-refractivity contribution in [3.63, 3.8) is 0 Å². The van der Waals surface area contributed by atoms with Gasteiger partial charge in [0.25, 0.3) is 0 Å². The molecular formula is C13H21N3O2S2. The van der Waals surface area contributed by atoms with Crippen LogP contribution in [0.4, 0.5) is 11.4 Å². The quantitative estimate of drug-likeness (QED) is 0.722. The molecule has 0 amide bonds. The molecule has 20 heavy (non-hydrogen) atoms. The molecule has 1 saturated carbocycles. The summed E-state index contributed by atoms with van der Waals surface area (Å²) in [5, 5.41) is 8.43. The number of nitrogens with two attached hydrogens (primary N) is 2. The SMILES string of the molecule is CSC1(CNc2ccc(S(N)(=O)=O)cc2N)CCCC1. The molecule has 0 bridgehead atoms. The highest BCUT2D eigenvalue weighted by Gasteiger charge is 2.32. The number of hydrogen-bond donors (Lipinski definition) is 3. The highest BCUT2D eigenvalue weighted by Crippen LogP contribution is 2.40. The normalized spacial score (nSPS) is 18.1. The van der Waals surface area contributed by atoms with Crippen LogP contribution < -0.4 is 16.2 Å². The van der Waals surface area contributed by atoms with Crippen molar-refractivity contribution in [2.45, 2.75) is 35.3 Å². The first-order chi connectivity index (χ1) is 9.36. The average Bonchev–Trinajstić information content (AvgIpc) is 2.85. The lowest BCUT2D eigenvalue weighted by Crippen LogP contribution is -2.30. The number of sulfonamides is 1. The van der Waals surface area contributed by atoms with Crippen LogP contribution in [-0.4, -0.2) is 26.0 Å². The molecule has 1 aliphatic rings. The first-order valence-corrected chi connectivity index (χ1v) is 9.35. The van der Waals surface area contributed by atoms with Crippen LogP contribution in [0.3, 0.4) is 0 Å². The fourth-order valence-electron chi connectivity index (χ4n) is 2.61. The first kappa shape index (κ1) is 15.5. The van der Waals surface area contributed by atoms with Gasteiger partial charge >= 0.3 is 0 Å². The van der Waals surface area contributed by atoms with Gasteiger partial charge in [-0.15, -0.1) is 0 Å². The van der Waals surface area contributed by atoms with Gasteiger partial charge < -0.3 is 11.1 Å². The number of nitrogens with one attached hydrogen (secondary N) is 1. The summed E-state index contributed by atoms with van der Waals surface area (Å²) in [6, 6.07) is 4.56. The van der Waals surface area contributed by atoms with Crippen LogP contribution in [0.15, 0.2) is 23.1 Å². The monoisotopic (exact) mass is 315 g/mol. The average molecular weight is 315 g/mol. The van der Waals surface area contributed by atoms with E-state index in [0.29, 0.717) is 5.69 Å². The van der Waals surface area contributed by atoms with Crippen LogP contribution in [-0.2, 0) is 10.0 Å². The van der Waals surface area contributed by atoms with E-state index >= 15 is 0 Å². The summed E-state index contributed by atoms with van der Waals surface area (Å²) in [4.78, 5) is 0.0426. The van der Waals surface area contributed by atoms with Crippen LogP contribution >= 0.6 is 11.8 Å². The van der Waals surface area contributed by atoms with Crippen LogP contribution in [0.5, 0.6) is 0 Å². The fourth-order valence-corrected chi connectivity index (χ4v) is 4.07. The Kier molecular flexibility index (Phi) is 4.51. The summed E-state index contributed by atoms with van der Waals surface area (Å²) in [5.41, 5.74) is 7.07. The molecule has 0 saturated heterocycles. The lowest BCUT2D eigenvalue weighted by molar-refractivity contribution is 0.598. The smallest absolute Gasteiger partial charge is 0.238 e. The Labute approximate surface area is 124 Å². The predicted molar refractivity (Wildman–Crippen MR) is 85.4 cm³/mol. The topological polar surface area (TPSA) is 98.2 Å². The third kappa shape index (κ3) is 3.39. The molecule has 5 N–H and O–H groups in total. The molecule has 0 aromatic heterocycles. The van der Waals surface area contributed by atoms with E-state index in [-0.39, 0.29) is 9.64 Å². The maximum Gasteiger partial charge on any atom is 0.238 e. The molecule has 2 rings (SSSR count). The van der Waals surface area contributed by atoms with E-state index in [0.717, 1.165) is 12.2 Å². The van der Waals surface area contributed by atoms with E-state index in [9.17, 15) is 8.42 Å². The number of rotatable bonds is 5. The molecule has 112 valence electrons. The van der Waals surface area contributed by atoms with E-state index < -0.39 is 10.0 Å². The largest absolute Gasteiger partial charge is 0.397 e. The lowest BCUT2D eigenvalue weighted by atomic mass is 10.1. The molecule has 0 heterocycles. The minimum absolute atomic E-state index is 0.0426. The number of hydrogen-bond acceptors (Lipinski definition) is 5. The van der Waals surface area contributed by atoms with Crippen molar-refractivity contribution in [1.82, 2.24) is 0 Å². The Hall–Kier alpha value is -0.920. The molecule has 0 spiro atoms. The number of benzene rings is 1. The highest BCUT2D eigenvalue weighted by molar-refractivity contribution is 8.00. The van der Waals surface area contributed by atoms with Gasteiger partial charge in [0, 0.05) is 11.3 Å². The van der Waals surface area contributed by atoms with E-state index in [1.807, 2.05) is 11.8 Å². The van der Waals surface area contributed by atoms with Gasteiger partial charge in [0.05, 0.1) is 16.3 Å². The molecule has 0 aliphatic heterocycles. The molecule has 5 nitrogen and oxygen atoms in total. The van der Waals surface area contributed by atoms with Crippen molar-refractivity contribution in [2.75, 3.05) is 23.9 Å². The van der Waals surface area contributed by atoms with Crippen LogP contribution in [0.1, 0.15) is 25.7 Å². The van der Waals surface area contributed by atoms with Crippen molar-refractivity contribution in [3.8, 4) is 0 Å². The minimum atomic E-state index is -3.70. The maximum atomic E-state index is 11.3. The van der Waals surface area contributed by atoms with Gasteiger partial charge in [-0.3, -0.25) is 0 Å². The van der Waals surface area contributed by atoms with Gasteiger partial charge in [-0.2, -0.15) is 11.8 Å². The van der Waals surface area contributed by atoms with Crippen LogP contribution in [0.25, 0.3) is 0 Å². The number of nitrogen functional groups attached to an aromatic ring is 1. The fraction of sp³-hybridized carbons (Fsp3) is 0.538. The number of thioether (sulfide) groups is 1. The van der Waals surface area contributed by atoms with E-state index in [2.05, 4.69) is 11.6 Å². The Balaban J connectivity index is 2.11. The zero-order chi connectivity index (χ0) is 14.8. The second kappa shape index (κ2) is 5.83. The second-order valence-corrected chi connectivity index (χ2v) is 8.08. The first-order valence-electron chi connectivity index (χ1n) is 6.58. The third-order valence-electron chi connectivity index (χ3n) is 3.90. The number of primary sulfonamides is 1. The van der Waals surface area contributed by atoms with Gasteiger partial charge in [0.2, 0.25) is 10.0 Å². The summed E-state index contributed by atoms with van der Waals surface area (Å²) in [6.45, 7) is 0.840. The van der Waals surface area contributed by atoms with Gasteiger partial charge in [-0.25, -0.2) is 13.6 Å². The highest BCUT2D eigenvalue weighted by atomic mass is 32.2.